The molecule has 1 aliphatic heterocycles. The minimum atomic E-state index is -0.653. The third-order valence-corrected chi connectivity index (χ3v) is 6.91. The fraction of sp³-hybridized carbons (Fsp3) is 0.370. The number of fused-ring (bicyclic) bond motifs is 1. The summed E-state index contributed by atoms with van der Waals surface area (Å²) in [5.74, 6) is -2.62. The van der Waals surface area contributed by atoms with E-state index in [1.807, 2.05) is 72.6 Å². The van der Waals surface area contributed by atoms with Gasteiger partial charge in [-0.2, -0.15) is 0 Å². The first-order chi connectivity index (χ1) is 16.5. The highest BCUT2D eigenvalue weighted by Gasteiger charge is 2.61. The van der Waals surface area contributed by atoms with Gasteiger partial charge in [-0.3, -0.25) is 14.4 Å². The number of methoxy groups -OCH3 is 2. The number of aryl methyl sites for hydroxylation is 1. The van der Waals surface area contributed by atoms with Gasteiger partial charge in [0.2, 0.25) is 0 Å². The summed E-state index contributed by atoms with van der Waals surface area (Å²) in [4.78, 5) is 40.6. The molecule has 0 bridgehead atoms. The van der Waals surface area contributed by atoms with Crippen molar-refractivity contribution in [1.29, 1.82) is 0 Å². The van der Waals surface area contributed by atoms with Crippen molar-refractivity contribution in [2.24, 2.45) is 17.8 Å². The summed E-state index contributed by atoms with van der Waals surface area (Å²) in [5, 5.41) is 3.04. The maximum absolute atomic E-state index is 13.3. The molecule has 1 N–H and O–H groups in total. The second-order valence-electron chi connectivity index (χ2n) is 8.73. The Balaban J connectivity index is 1.67. The van der Waals surface area contributed by atoms with Crippen molar-refractivity contribution in [3.8, 4) is 0 Å². The smallest absolute Gasteiger partial charge is 0.311 e. The van der Waals surface area contributed by atoms with Crippen LogP contribution in [0.25, 0.3) is 0 Å². The van der Waals surface area contributed by atoms with Gasteiger partial charge < -0.3 is 19.7 Å². The van der Waals surface area contributed by atoms with Crippen LogP contribution in [0.5, 0.6) is 0 Å². The van der Waals surface area contributed by atoms with Crippen molar-refractivity contribution < 1.29 is 23.9 Å². The van der Waals surface area contributed by atoms with E-state index in [2.05, 4.69) is 5.32 Å². The van der Waals surface area contributed by atoms with E-state index in [4.69, 9.17) is 9.47 Å². The van der Waals surface area contributed by atoms with Crippen molar-refractivity contribution in [3.63, 3.8) is 0 Å². The average Bonchev–Trinajstić information content (AvgIpc) is 2.85. The molecule has 4 unspecified atom stereocenters. The Bertz CT molecular complexity index is 1100. The molecule has 4 atom stereocenters. The van der Waals surface area contributed by atoms with Gasteiger partial charge in [0.25, 0.3) is 5.91 Å². The number of esters is 2. The van der Waals surface area contributed by atoms with Crippen LogP contribution in [0.2, 0.25) is 0 Å². The lowest BCUT2D eigenvalue weighted by Crippen LogP contribution is -2.65. The van der Waals surface area contributed by atoms with E-state index < -0.39 is 23.8 Å². The molecule has 34 heavy (non-hydrogen) atoms. The first-order valence-corrected chi connectivity index (χ1v) is 11.5. The van der Waals surface area contributed by atoms with Gasteiger partial charge in [0.05, 0.1) is 26.1 Å². The molecular formula is C27H30N2O5. The van der Waals surface area contributed by atoms with E-state index in [0.717, 1.165) is 23.2 Å². The van der Waals surface area contributed by atoms with Gasteiger partial charge in [0.1, 0.15) is 0 Å². The fourth-order valence-electron chi connectivity index (χ4n) is 5.23. The molecule has 4 rings (SSSR count). The van der Waals surface area contributed by atoms with E-state index in [0.29, 0.717) is 18.5 Å². The monoisotopic (exact) mass is 462 g/mol. The molecule has 0 radical (unpaired) electrons. The molecule has 2 aliphatic rings. The molecule has 0 spiro atoms. The Morgan fingerprint density at radius 3 is 2.26 bits per heavy atom. The molecule has 1 saturated carbocycles. The zero-order valence-corrected chi connectivity index (χ0v) is 19.7. The second kappa shape index (κ2) is 10.1. The third kappa shape index (κ3) is 4.42. The van der Waals surface area contributed by atoms with Crippen molar-refractivity contribution in [2.75, 3.05) is 19.5 Å². The summed E-state index contributed by atoms with van der Waals surface area (Å²) in [6.07, 6.45) is 3.01. The number of ether oxygens (including phenoxy) is 2. The van der Waals surface area contributed by atoms with E-state index in [9.17, 15) is 14.4 Å². The van der Waals surface area contributed by atoms with Crippen molar-refractivity contribution >= 4 is 23.5 Å². The highest BCUT2D eigenvalue weighted by atomic mass is 16.5. The van der Waals surface area contributed by atoms with Crippen LogP contribution in [0.15, 0.2) is 66.4 Å². The van der Waals surface area contributed by atoms with Crippen LogP contribution < -0.4 is 5.32 Å². The quantitative estimate of drug-likeness (QED) is 0.634. The summed E-state index contributed by atoms with van der Waals surface area (Å²) in [6.45, 7) is 2.55. The molecular weight excluding hydrogens is 432 g/mol. The summed E-state index contributed by atoms with van der Waals surface area (Å²) in [7, 11) is 2.65. The van der Waals surface area contributed by atoms with E-state index in [1.165, 1.54) is 14.2 Å². The zero-order chi connectivity index (χ0) is 24.2. The Kier molecular flexibility index (Phi) is 7.01. The predicted molar refractivity (Wildman–Crippen MR) is 127 cm³/mol. The van der Waals surface area contributed by atoms with E-state index in [1.54, 1.807) is 0 Å². The molecule has 1 fully saturated rings. The minimum absolute atomic E-state index is 0.206. The van der Waals surface area contributed by atoms with E-state index >= 15 is 0 Å². The Labute approximate surface area is 199 Å². The van der Waals surface area contributed by atoms with Gasteiger partial charge >= 0.3 is 11.9 Å². The largest absolute Gasteiger partial charge is 0.469 e. The Morgan fingerprint density at radius 2 is 1.59 bits per heavy atom. The van der Waals surface area contributed by atoms with Crippen LogP contribution in [0, 0.1) is 17.8 Å². The summed E-state index contributed by atoms with van der Waals surface area (Å²) in [5.41, 5.74) is 3.44. The van der Waals surface area contributed by atoms with E-state index in [-0.39, 0.29) is 17.9 Å². The van der Waals surface area contributed by atoms with Gasteiger partial charge in [-0.1, -0.05) is 55.5 Å². The highest BCUT2D eigenvalue weighted by molar-refractivity contribution is 6.04. The number of rotatable bonds is 7. The fourth-order valence-corrected chi connectivity index (χ4v) is 5.23. The maximum Gasteiger partial charge on any atom is 0.311 e. The number of benzene rings is 2. The number of amides is 1. The number of nitrogens with zero attached hydrogens (tertiary/aromatic N) is 1. The van der Waals surface area contributed by atoms with Crippen LogP contribution in [0.1, 0.15) is 24.5 Å². The van der Waals surface area contributed by atoms with Gasteiger partial charge in [0, 0.05) is 30.0 Å². The number of hydrogen-bond acceptors (Lipinski definition) is 6. The standard InChI is InChI=1S/C27H30N2O5/c1-4-18-12-8-9-13-21(18)28-25(30)19-14-20-22(26(31)33-2)23(27(32)34-3)24(20)29(16-19)15-17-10-6-5-7-11-17/h5-13,16,20,22-24H,4,14-15H2,1-3H3,(H,28,30). The predicted octanol–water partition coefficient (Wildman–Crippen LogP) is 3.55. The highest BCUT2D eigenvalue weighted by Crippen LogP contribution is 2.51. The van der Waals surface area contributed by atoms with Gasteiger partial charge in [-0.15, -0.1) is 0 Å². The SMILES string of the molecule is CCc1ccccc1NC(=O)C1=CN(Cc2ccccc2)C2C(C1)C(C(=O)OC)C2C(=O)OC. The average molecular weight is 463 g/mol. The van der Waals surface area contributed by atoms with Crippen LogP contribution in [-0.4, -0.2) is 43.0 Å². The summed E-state index contributed by atoms with van der Waals surface area (Å²) >= 11 is 0. The molecule has 0 aromatic heterocycles. The van der Waals surface area contributed by atoms with Crippen molar-refractivity contribution in [2.45, 2.75) is 32.4 Å². The second-order valence-corrected chi connectivity index (χ2v) is 8.73. The number of nitrogens with one attached hydrogen (secondary N) is 1. The first kappa shape index (κ1) is 23.5. The summed E-state index contributed by atoms with van der Waals surface area (Å²) in [6, 6.07) is 17.3. The number of hydrogen-bond donors (Lipinski definition) is 1. The zero-order valence-electron chi connectivity index (χ0n) is 19.7. The Morgan fingerprint density at radius 1 is 0.941 bits per heavy atom. The van der Waals surface area contributed by atoms with Crippen LogP contribution in [0.3, 0.4) is 0 Å². The molecule has 7 nitrogen and oxygen atoms in total. The number of carbonyl (C=O) groups is 3. The van der Waals surface area contributed by atoms with Crippen LogP contribution in [-0.2, 0) is 36.8 Å². The molecule has 7 heteroatoms. The number of para-hydroxylation sites is 1. The van der Waals surface area contributed by atoms with Gasteiger partial charge in [-0.25, -0.2) is 0 Å². The molecule has 2 aromatic carbocycles. The molecule has 2 aromatic rings. The van der Waals surface area contributed by atoms with Crippen molar-refractivity contribution in [3.05, 3.63) is 77.5 Å². The number of anilines is 1. The molecule has 1 heterocycles. The lowest BCUT2D eigenvalue weighted by Gasteiger charge is -2.55. The van der Waals surface area contributed by atoms with Gasteiger partial charge in [0.15, 0.2) is 0 Å². The third-order valence-electron chi connectivity index (χ3n) is 6.91. The van der Waals surface area contributed by atoms with Crippen LogP contribution >= 0.6 is 0 Å². The summed E-state index contributed by atoms with van der Waals surface area (Å²) < 4.78 is 10.1. The molecule has 178 valence electrons. The number of carbonyl (C=O) groups excluding carboxylic acids is 3. The Hall–Kier alpha value is -3.61. The lowest BCUT2D eigenvalue weighted by molar-refractivity contribution is -0.181. The van der Waals surface area contributed by atoms with Crippen LogP contribution in [0.4, 0.5) is 5.69 Å². The molecule has 0 saturated heterocycles. The maximum atomic E-state index is 13.3. The molecule has 1 aliphatic carbocycles. The first-order valence-electron chi connectivity index (χ1n) is 11.5. The normalized spacial score (nSPS) is 23.1. The minimum Gasteiger partial charge on any atom is -0.469 e. The molecule has 1 amide bonds. The topological polar surface area (TPSA) is 84.9 Å². The van der Waals surface area contributed by atoms with Gasteiger partial charge in [-0.05, 0) is 36.0 Å². The van der Waals surface area contributed by atoms with Crippen molar-refractivity contribution in [1.82, 2.24) is 4.90 Å². The lowest BCUT2D eigenvalue weighted by atomic mass is 9.56.